The number of carboxylic acids is 1. The average Bonchev–Trinajstić information content (AvgIpc) is 2.86. The molecule has 0 aliphatic rings. The van der Waals surface area contributed by atoms with Crippen LogP contribution >= 0.6 is 0 Å². The lowest BCUT2D eigenvalue weighted by atomic mass is 10.0. The summed E-state index contributed by atoms with van der Waals surface area (Å²) in [6.07, 6.45) is -0.560. The number of benzene rings is 1. The molecule has 0 saturated carbocycles. The van der Waals surface area contributed by atoms with Crippen molar-refractivity contribution < 1.29 is 48.0 Å². The van der Waals surface area contributed by atoms with Crippen LogP contribution in [0, 0.1) is 17.8 Å². The van der Waals surface area contributed by atoms with E-state index in [9.17, 15) is 24.3 Å². The van der Waals surface area contributed by atoms with Crippen LogP contribution in [0.5, 0.6) is 11.5 Å². The highest BCUT2D eigenvalue weighted by molar-refractivity contribution is 5.74. The first kappa shape index (κ1) is 34.7. The van der Waals surface area contributed by atoms with Crippen LogP contribution in [-0.4, -0.2) is 61.3 Å². The smallest absolute Gasteiger partial charge is 0.480 e. The lowest BCUT2D eigenvalue weighted by Gasteiger charge is -2.20. The first-order chi connectivity index (χ1) is 18.8. The number of esters is 1. The van der Waals surface area contributed by atoms with Crippen LogP contribution < -0.4 is 14.8 Å². The quantitative estimate of drug-likeness (QED) is 0.142. The highest BCUT2D eigenvalue weighted by Gasteiger charge is 2.23. The van der Waals surface area contributed by atoms with Gasteiger partial charge in [0.15, 0.2) is 11.5 Å². The van der Waals surface area contributed by atoms with Gasteiger partial charge in [-0.25, -0.2) is 9.59 Å². The molecule has 0 heterocycles. The molecular weight excluding hydrogens is 522 g/mol. The van der Waals surface area contributed by atoms with Crippen LogP contribution in [0.3, 0.4) is 0 Å². The number of carbonyl (C=O) groups is 4. The third kappa shape index (κ3) is 14.2. The number of rotatable bonds is 17. The molecule has 0 amide bonds. The maximum Gasteiger partial charge on any atom is 0.513 e. The Morgan fingerprint density at radius 1 is 0.850 bits per heavy atom. The molecular formula is C29H45NO10. The van der Waals surface area contributed by atoms with E-state index in [1.54, 1.807) is 19.9 Å². The van der Waals surface area contributed by atoms with E-state index < -0.39 is 30.4 Å². The van der Waals surface area contributed by atoms with Crippen LogP contribution in [-0.2, 0) is 30.2 Å². The molecule has 0 aromatic heterocycles. The molecule has 226 valence electrons. The van der Waals surface area contributed by atoms with Crippen molar-refractivity contribution in [3.63, 3.8) is 0 Å². The lowest BCUT2D eigenvalue weighted by molar-refractivity contribution is -0.152. The molecule has 0 saturated heterocycles. The molecule has 0 spiro atoms. The molecule has 3 atom stereocenters. The van der Waals surface area contributed by atoms with Crippen molar-refractivity contribution in [3.05, 3.63) is 23.8 Å². The lowest BCUT2D eigenvalue weighted by Crippen LogP contribution is -2.43. The van der Waals surface area contributed by atoms with Gasteiger partial charge in [-0.2, -0.15) is 0 Å². The summed E-state index contributed by atoms with van der Waals surface area (Å²) in [5.74, 6) is -1.26. The molecule has 40 heavy (non-hydrogen) atoms. The number of ether oxygens (including phenoxy) is 5. The SMILES string of the molecule is CCC(C)C(=O)OC(C)CN[C@@H](Cc1ccc(OC(=O)OCCC(C)C)c(OC(=O)OCCC(C)C)c1)C(=O)O. The zero-order valence-electron chi connectivity index (χ0n) is 24.7. The molecule has 0 aliphatic heterocycles. The predicted molar refractivity (Wildman–Crippen MR) is 147 cm³/mol. The molecule has 11 nitrogen and oxygen atoms in total. The van der Waals surface area contributed by atoms with Crippen LogP contribution in [0.25, 0.3) is 0 Å². The zero-order valence-corrected chi connectivity index (χ0v) is 24.7. The highest BCUT2D eigenvalue weighted by atomic mass is 16.7. The number of hydrogen-bond acceptors (Lipinski definition) is 10. The molecule has 0 fully saturated rings. The molecule has 1 aromatic carbocycles. The van der Waals surface area contributed by atoms with E-state index in [4.69, 9.17) is 23.7 Å². The number of hydrogen-bond donors (Lipinski definition) is 2. The predicted octanol–water partition coefficient (Wildman–Crippen LogP) is 5.37. The van der Waals surface area contributed by atoms with Gasteiger partial charge in [0, 0.05) is 6.54 Å². The van der Waals surface area contributed by atoms with E-state index in [2.05, 4.69) is 5.32 Å². The summed E-state index contributed by atoms with van der Waals surface area (Å²) in [5, 5.41) is 12.6. The van der Waals surface area contributed by atoms with Crippen LogP contribution in [0.4, 0.5) is 9.59 Å². The van der Waals surface area contributed by atoms with E-state index in [0.717, 1.165) is 0 Å². The van der Waals surface area contributed by atoms with E-state index in [0.29, 0.717) is 36.7 Å². The average molecular weight is 568 g/mol. The second kappa shape index (κ2) is 18.1. The zero-order chi connectivity index (χ0) is 30.2. The van der Waals surface area contributed by atoms with Crippen LogP contribution in [0.2, 0.25) is 0 Å². The monoisotopic (exact) mass is 567 g/mol. The fourth-order valence-electron chi connectivity index (χ4n) is 3.15. The van der Waals surface area contributed by atoms with Crippen molar-refractivity contribution in [2.24, 2.45) is 17.8 Å². The number of nitrogens with one attached hydrogen (secondary N) is 1. The normalized spacial score (nSPS) is 13.3. The summed E-state index contributed by atoms with van der Waals surface area (Å²) in [6, 6.07) is 3.32. The van der Waals surface area contributed by atoms with Gasteiger partial charge in [-0.15, -0.1) is 0 Å². The van der Waals surface area contributed by atoms with Crippen molar-refractivity contribution in [1.82, 2.24) is 5.32 Å². The first-order valence-electron chi connectivity index (χ1n) is 13.8. The Labute approximate surface area is 236 Å². The minimum Gasteiger partial charge on any atom is -0.480 e. The third-order valence-electron chi connectivity index (χ3n) is 5.95. The molecule has 2 N–H and O–H groups in total. The standard InChI is InChI=1S/C29H45NO10/c1-8-20(6)27(33)38-21(7)17-30-23(26(31)32)15-22-9-10-24(39-28(34)36-13-11-18(2)3)25(16-22)40-29(35)37-14-12-19(4)5/h9-10,16,18-21,23,30H,8,11-15,17H2,1-7H3,(H,31,32)/t20?,21?,23-/m0/s1. The van der Waals surface area contributed by atoms with E-state index in [-0.39, 0.29) is 49.6 Å². The van der Waals surface area contributed by atoms with E-state index in [1.165, 1.54) is 12.1 Å². The summed E-state index contributed by atoms with van der Waals surface area (Å²) in [6.45, 7) is 13.7. The molecule has 1 rings (SSSR count). The van der Waals surface area contributed by atoms with Crippen molar-refractivity contribution in [3.8, 4) is 11.5 Å². The van der Waals surface area contributed by atoms with Gasteiger partial charge in [0.2, 0.25) is 0 Å². The molecule has 2 unspecified atom stereocenters. The fourth-order valence-corrected chi connectivity index (χ4v) is 3.15. The number of carboxylic acid groups (broad SMARTS) is 1. The van der Waals surface area contributed by atoms with E-state index in [1.807, 2.05) is 34.6 Å². The maximum atomic E-state index is 12.3. The van der Waals surface area contributed by atoms with Gasteiger partial charge < -0.3 is 34.1 Å². The van der Waals surface area contributed by atoms with Gasteiger partial charge in [0.1, 0.15) is 12.1 Å². The van der Waals surface area contributed by atoms with Gasteiger partial charge in [0.05, 0.1) is 19.1 Å². The number of carbonyl (C=O) groups excluding carboxylic acids is 3. The fraction of sp³-hybridized carbons (Fsp3) is 0.655. The van der Waals surface area contributed by atoms with Gasteiger partial charge in [-0.1, -0.05) is 47.6 Å². The van der Waals surface area contributed by atoms with Crippen molar-refractivity contribution in [1.29, 1.82) is 0 Å². The second-order valence-electron chi connectivity index (χ2n) is 10.6. The van der Waals surface area contributed by atoms with Gasteiger partial charge in [-0.05, 0) is 62.1 Å². The Morgan fingerprint density at radius 3 is 1.90 bits per heavy atom. The Hall–Kier alpha value is -3.34. The maximum absolute atomic E-state index is 12.3. The molecule has 1 aromatic rings. The van der Waals surface area contributed by atoms with Crippen LogP contribution in [0.15, 0.2) is 18.2 Å². The summed E-state index contributed by atoms with van der Waals surface area (Å²) in [7, 11) is 0. The van der Waals surface area contributed by atoms with Gasteiger partial charge in [0.25, 0.3) is 0 Å². The highest BCUT2D eigenvalue weighted by Crippen LogP contribution is 2.30. The Kier molecular flexibility index (Phi) is 15.7. The minimum absolute atomic E-state index is 0.000759. The topological polar surface area (TPSA) is 147 Å². The number of aliphatic carboxylic acids is 1. The summed E-state index contributed by atoms with van der Waals surface area (Å²) in [5.41, 5.74) is 0.481. The molecule has 0 bridgehead atoms. The Balaban J connectivity index is 2.98. The van der Waals surface area contributed by atoms with Crippen LogP contribution in [0.1, 0.15) is 73.3 Å². The van der Waals surface area contributed by atoms with Gasteiger partial charge in [-0.3, -0.25) is 9.59 Å². The van der Waals surface area contributed by atoms with Crippen molar-refractivity contribution in [2.45, 2.75) is 86.3 Å². The van der Waals surface area contributed by atoms with Gasteiger partial charge >= 0.3 is 24.2 Å². The van der Waals surface area contributed by atoms with Crippen molar-refractivity contribution >= 4 is 24.2 Å². The Bertz CT molecular complexity index is 962. The second-order valence-corrected chi connectivity index (χ2v) is 10.6. The summed E-state index contributed by atoms with van der Waals surface area (Å²) >= 11 is 0. The summed E-state index contributed by atoms with van der Waals surface area (Å²) < 4.78 is 26.1. The Morgan fingerprint density at radius 2 is 1.40 bits per heavy atom. The molecule has 11 heteroatoms. The molecule has 0 aliphatic carbocycles. The molecule has 0 radical (unpaired) electrons. The summed E-state index contributed by atoms with van der Waals surface area (Å²) in [4.78, 5) is 48.4. The van der Waals surface area contributed by atoms with Crippen molar-refractivity contribution in [2.75, 3.05) is 19.8 Å². The largest absolute Gasteiger partial charge is 0.513 e. The first-order valence-corrected chi connectivity index (χ1v) is 13.8. The third-order valence-corrected chi connectivity index (χ3v) is 5.95. The van der Waals surface area contributed by atoms with E-state index >= 15 is 0 Å². The minimum atomic E-state index is -1.12.